The van der Waals surface area contributed by atoms with Crippen molar-refractivity contribution in [1.29, 1.82) is 0 Å². The maximum atomic E-state index is 12.2. The van der Waals surface area contributed by atoms with Gasteiger partial charge in [-0.3, -0.25) is 4.79 Å². The second kappa shape index (κ2) is 18.9. The number of rotatable bonds is 14. The summed E-state index contributed by atoms with van der Waals surface area (Å²) in [6.45, 7) is 3.94. The van der Waals surface area contributed by atoms with Crippen LogP contribution in [-0.4, -0.2) is 53.1 Å². The highest BCUT2D eigenvalue weighted by atomic mass is 16.4. The van der Waals surface area contributed by atoms with Crippen molar-refractivity contribution in [3.05, 3.63) is 72.9 Å². The van der Waals surface area contributed by atoms with E-state index in [4.69, 9.17) is 5.11 Å². The Morgan fingerprint density at radius 2 is 1.00 bits per heavy atom. The third-order valence-corrected chi connectivity index (χ3v) is 5.02. The van der Waals surface area contributed by atoms with E-state index in [9.17, 15) is 9.59 Å². The predicted molar refractivity (Wildman–Crippen MR) is 134 cm³/mol. The van der Waals surface area contributed by atoms with E-state index in [0.29, 0.717) is 32.6 Å². The second-order valence-corrected chi connectivity index (χ2v) is 7.60. The molecule has 5 nitrogen and oxygen atoms in total. The van der Waals surface area contributed by atoms with Crippen molar-refractivity contribution in [2.75, 3.05) is 26.2 Å². The van der Waals surface area contributed by atoms with Crippen LogP contribution in [0.25, 0.3) is 0 Å². The normalized spacial score (nSPS) is 15.7. The molecule has 0 unspecified atom stereocenters. The van der Waals surface area contributed by atoms with E-state index in [-0.39, 0.29) is 5.91 Å². The first kappa shape index (κ1) is 27.2. The third kappa shape index (κ3) is 14.2. The third-order valence-electron chi connectivity index (χ3n) is 5.02. The molecule has 176 valence electrons. The molecule has 0 aromatic heterocycles. The molecular formula is C27H40N2O3. The van der Waals surface area contributed by atoms with Gasteiger partial charge in [0.1, 0.15) is 0 Å². The lowest BCUT2D eigenvalue weighted by atomic mass is 10.2. The minimum absolute atomic E-state index is 0.106. The molecule has 1 fully saturated rings. The van der Waals surface area contributed by atoms with Gasteiger partial charge in [0.15, 0.2) is 0 Å². The Bertz CT molecular complexity index is 694. The van der Waals surface area contributed by atoms with Gasteiger partial charge in [-0.15, -0.1) is 0 Å². The zero-order valence-electron chi connectivity index (χ0n) is 19.6. The lowest BCUT2D eigenvalue weighted by molar-refractivity contribution is -0.132. The summed E-state index contributed by atoms with van der Waals surface area (Å²) in [6.07, 6.45) is 32.2. The Morgan fingerprint density at radius 3 is 1.41 bits per heavy atom. The molecule has 0 radical (unpaired) electrons. The van der Waals surface area contributed by atoms with Gasteiger partial charge in [-0.25, -0.2) is 4.79 Å². The standard InChI is InChI=1S/C27H40N2O3/c1-2-3-4-5-6-7-8-9-10-11-12-13-14-15-16-17-18-19-20-21-26(30)28-22-24-29(25-23-28)27(31)32/h3-4,6-7,9-10,12-13,15-16,18-19H,2,5,8,11,14,17,20-25H2,1H3,(H,31,32)/b4-3-,7-6-,10-9-,13-12-,16-15-,19-18-. The fourth-order valence-corrected chi connectivity index (χ4v) is 3.15. The second-order valence-electron chi connectivity index (χ2n) is 7.60. The SMILES string of the molecule is CC/C=C\C/C=C\C/C=C\C/C=C\C/C=C\C/C=C\CCC(=O)N1CCN(C(=O)O)CC1. The molecule has 0 bridgehead atoms. The van der Waals surface area contributed by atoms with E-state index >= 15 is 0 Å². The summed E-state index contributed by atoms with van der Waals surface area (Å²) in [5.41, 5.74) is 0. The maximum Gasteiger partial charge on any atom is 0.407 e. The highest BCUT2D eigenvalue weighted by molar-refractivity contribution is 5.76. The van der Waals surface area contributed by atoms with E-state index in [1.54, 1.807) is 4.90 Å². The van der Waals surface area contributed by atoms with Gasteiger partial charge < -0.3 is 14.9 Å². The van der Waals surface area contributed by atoms with E-state index in [2.05, 4.69) is 73.8 Å². The Morgan fingerprint density at radius 1 is 0.625 bits per heavy atom. The molecule has 1 N–H and O–H groups in total. The molecule has 2 amide bonds. The highest BCUT2D eigenvalue weighted by Crippen LogP contribution is 2.06. The van der Waals surface area contributed by atoms with E-state index < -0.39 is 6.09 Å². The van der Waals surface area contributed by atoms with E-state index in [1.165, 1.54) is 4.90 Å². The molecule has 0 aliphatic carbocycles. The zero-order valence-corrected chi connectivity index (χ0v) is 19.6. The van der Waals surface area contributed by atoms with Gasteiger partial charge in [-0.05, 0) is 44.9 Å². The van der Waals surface area contributed by atoms with Crippen LogP contribution in [0.3, 0.4) is 0 Å². The molecule has 0 atom stereocenters. The van der Waals surface area contributed by atoms with E-state index in [0.717, 1.165) is 44.9 Å². The van der Waals surface area contributed by atoms with Crippen LogP contribution in [0, 0.1) is 0 Å². The minimum Gasteiger partial charge on any atom is -0.465 e. The summed E-state index contributed by atoms with van der Waals surface area (Å²) in [5, 5.41) is 8.94. The van der Waals surface area contributed by atoms with Crippen molar-refractivity contribution in [3.8, 4) is 0 Å². The Labute approximate surface area is 194 Å². The number of hydrogen-bond acceptors (Lipinski definition) is 2. The summed E-state index contributed by atoms with van der Waals surface area (Å²) in [4.78, 5) is 26.2. The van der Waals surface area contributed by atoms with Crippen molar-refractivity contribution in [2.45, 2.75) is 58.3 Å². The average Bonchev–Trinajstić information content (AvgIpc) is 2.80. The monoisotopic (exact) mass is 440 g/mol. The smallest absolute Gasteiger partial charge is 0.407 e. The van der Waals surface area contributed by atoms with Crippen LogP contribution >= 0.6 is 0 Å². The fourth-order valence-electron chi connectivity index (χ4n) is 3.15. The van der Waals surface area contributed by atoms with Crippen LogP contribution in [-0.2, 0) is 4.79 Å². The van der Waals surface area contributed by atoms with Gasteiger partial charge in [0, 0.05) is 32.6 Å². The fraction of sp³-hybridized carbons (Fsp3) is 0.481. The number of hydrogen-bond donors (Lipinski definition) is 1. The molecule has 1 rings (SSSR count). The molecule has 32 heavy (non-hydrogen) atoms. The first-order valence-corrected chi connectivity index (χ1v) is 11.8. The number of nitrogens with zero attached hydrogens (tertiary/aromatic N) is 2. The van der Waals surface area contributed by atoms with Crippen LogP contribution in [0.4, 0.5) is 4.79 Å². The van der Waals surface area contributed by atoms with Crippen molar-refractivity contribution in [3.63, 3.8) is 0 Å². The van der Waals surface area contributed by atoms with Gasteiger partial charge in [-0.1, -0.05) is 79.8 Å². The summed E-state index contributed by atoms with van der Waals surface area (Å²) >= 11 is 0. The Kier molecular flexibility index (Phi) is 16.1. The van der Waals surface area contributed by atoms with Crippen molar-refractivity contribution < 1.29 is 14.7 Å². The topological polar surface area (TPSA) is 60.9 Å². The van der Waals surface area contributed by atoms with Crippen molar-refractivity contribution in [1.82, 2.24) is 9.80 Å². The molecule has 0 aromatic rings. The number of piperazine rings is 1. The Hall–Kier alpha value is -2.82. The summed E-state index contributed by atoms with van der Waals surface area (Å²) in [6, 6.07) is 0. The number of carboxylic acid groups (broad SMARTS) is 1. The summed E-state index contributed by atoms with van der Waals surface area (Å²) in [5.74, 6) is 0.106. The molecule has 1 saturated heterocycles. The Balaban J connectivity index is 2.00. The minimum atomic E-state index is -0.907. The van der Waals surface area contributed by atoms with Gasteiger partial charge in [-0.2, -0.15) is 0 Å². The van der Waals surface area contributed by atoms with Gasteiger partial charge in [0.05, 0.1) is 0 Å². The summed E-state index contributed by atoms with van der Waals surface area (Å²) in [7, 11) is 0. The lowest BCUT2D eigenvalue weighted by Gasteiger charge is -2.33. The van der Waals surface area contributed by atoms with Gasteiger partial charge in [0.25, 0.3) is 0 Å². The first-order valence-electron chi connectivity index (χ1n) is 11.8. The molecule has 5 heteroatoms. The van der Waals surface area contributed by atoms with Crippen LogP contribution in [0.15, 0.2) is 72.9 Å². The summed E-state index contributed by atoms with van der Waals surface area (Å²) < 4.78 is 0. The molecule has 1 aliphatic heterocycles. The van der Waals surface area contributed by atoms with Crippen molar-refractivity contribution in [2.24, 2.45) is 0 Å². The van der Waals surface area contributed by atoms with Crippen LogP contribution in [0.1, 0.15) is 58.3 Å². The van der Waals surface area contributed by atoms with Crippen LogP contribution in [0.2, 0.25) is 0 Å². The molecule has 0 aromatic carbocycles. The number of carbonyl (C=O) groups is 2. The molecular weight excluding hydrogens is 400 g/mol. The largest absolute Gasteiger partial charge is 0.465 e. The van der Waals surface area contributed by atoms with Crippen LogP contribution in [0.5, 0.6) is 0 Å². The molecule has 1 aliphatic rings. The molecule has 0 saturated carbocycles. The zero-order chi connectivity index (χ0) is 23.3. The maximum absolute atomic E-state index is 12.2. The van der Waals surface area contributed by atoms with Crippen molar-refractivity contribution >= 4 is 12.0 Å². The quantitative estimate of drug-likeness (QED) is 0.323. The number of amides is 2. The first-order chi connectivity index (χ1) is 15.6. The number of allylic oxidation sites excluding steroid dienone is 12. The lowest BCUT2D eigenvalue weighted by Crippen LogP contribution is -2.50. The predicted octanol–water partition coefficient (Wildman–Crippen LogP) is 6.29. The van der Waals surface area contributed by atoms with Gasteiger partial charge >= 0.3 is 6.09 Å². The molecule has 1 heterocycles. The average molecular weight is 441 g/mol. The van der Waals surface area contributed by atoms with Gasteiger partial charge in [0.2, 0.25) is 5.91 Å². The van der Waals surface area contributed by atoms with E-state index in [1.807, 2.05) is 6.08 Å². The highest BCUT2D eigenvalue weighted by Gasteiger charge is 2.22. The molecule has 0 spiro atoms. The van der Waals surface area contributed by atoms with Crippen LogP contribution < -0.4 is 0 Å². The number of carbonyl (C=O) groups excluding carboxylic acids is 1.